The fourth-order valence-electron chi connectivity index (χ4n) is 1.64. The second kappa shape index (κ2) is 5.64. The zero-order valence-electron chi connectivity index (χ0n) is 9.68. The Bertz CT molecular complexity index is 456. The Kier molecular flexibility index (Phi) is 3.94. The molecular weight excluding hydrogens is 234 g/mol. The number of halogens is 1. The Morgan fingerprint density at radius 1 is 1.06 bits per heavy atom. The Morgan fingerprint density at radius 3 is 2.41 bits per heavy atom. The Balaban J connectivity index is 2.14. The van der Waals surface area contributed by atoms with E-state index < -0.39 is 0 Å². The van der Waals surface area contributed by atoms with Crippen LogP contribution < -0.4 is 4.90 Å². The highest BCUT2D eigenvalue weighted by molar-refractivity contribution is 6.29. The van der Waals surface area contributed by atoms with E-state index in [1.807, 2.05) is 24.3 Å². The third-order valence-electron chi connectivity index (χ3n) is 2.54. The fourth-order valence-corrected chi connectivity index (χ4v) is 1.74. The largest absolute Gasteiger partial charge is 0.351 e. The minimum atomic E-state index is 0.421. The zero-order chi connectivity index (χ0) is 12.1. The molecule has 1 aromatic heterocycles. The first-order chi connectivity index (χ1) is 8.29. The highest BCUT2D eigenvalue weighted by atomic mass is 35.5. The quantitative estimate of drug-likeness (QED) is 0.831. The lowest BCUT2D eigenvalue weighted by Crippen LogP contribution is -2.23. The van der Waals surface area contributed by atoms with Crippen molar-refractivity contribution in [1.82, 2.24) is 10.2 Å². The second-order valence-corrected chi connectivity index (χ2v) is 4.10. The molecule has 1 aromatic carbocycles. The summed E-state index contributed by atoms with van der Waals surface area (Å²) in [6.07, 6.45) is 0. The van der Waals surface area contributed by atoms with Gasteiger partial charge in [-0.15, -0.1) is 10.2 Å². The number of hydrogen-bond donors (Lipinski definition) is 0. The fraction of sp³-hybridized carbons (Fsp3) is 0.231. The number of anilines is 1. The molecule has 0 unspecified atom stereocenters. The normalized spacial score (nSPS) is 10.2. The number of benzene rings is 1. The number of aromatic nitrogens is 2. The van der Waals surface area contributed by atoms with E-state index in [0.717, 1.165) is 18.9 Å². The predicted octanol–water partition coefficient (Wildman–Crippen LogP) is 3.16. The summed E-state index contributed by atoms with van der Waals surface area (Å²) >= 11 is 5.73. The van der Waals surface area contributed by atoms with Crippen LogP contribution in [-0.2, 0) is 6.54 Å². The van der Waals surface area contributed by atoms with Crippen molar-refractivity contribution in [3.63, 3.8) is 0 Å². The summed E-state index contributed by atoms with van der Waals surface area (Å²) in [7, 11) is 0. The lowest BCUT2D eigenvalue weighted by atomic mass is 10.2. The maximum atomic E-state index is 5.73. The van der Waals surface area contributed by atoms with Crippen molar-refractivity contribution in [3.8, 4) is 0 Å². The van der Waals surface area contributed by atoms with E-state index in [1.165, 1.54) is 5.56 Å². The van der Waals surface area contributed by atoms with Crippen molar-refractivity contribution in [2.75, 3.05) is 11.4 Å². The molecular formula is C13H14ClN3. The van der Waals surface area contributed by atoms with E-state index >= 15 is 0 Å². The lowest BCUT2D eigenvalue weighted by molar-refractivity contribution is 0.796. The van der Waals surface area contributed by atoms with Crippen LogP contribution in [0.1, 0.15) is 12.5 Å². The zero-order valence-corrected chi connectivity index (χ0v) is 10.4. The van der Waals surface area contributed by atoms with Crippen molar-refractivity contribution in [1.29, 1.82) is 0 Å². The van der Waals surface area contributed by atoms with Crippen LogP contribution in [0, 0.1) is 0 Å². The highest BCUT2D eigenvalue weighted by Crippen LogP contribution is 2.14. The summed E-state index contributed by atoms with van der Waals surface area (Å²) in [5, 5.41) is 8.37. The van der Waals surface area contributed by atoms with Gasteiger partial charge in [0.1, 0.15) is 0 Å². The monoisotopic (exact) mass is 247 g/mol. The van der Waals surface area contributed by atoms with Gasteiger partial charge in [-0.05, 0) is 24.6 Å². The molecule has 0 aliphatic heterocycles. The Hall–Kier alpha value is -1.61. The van der Waals surface area contributed by atoms with Gasteiger partial charge in [0.2, 0.25) is 0 Å². The van der Waals surface area contributed by atoms with Gasteiger partial charge in [-0.2, -0.15) is 0 Å². The third kappa shape index (κ3) is 3.17. The number of hydrogen-bond acceptors (Lipinski definition) is 3. The van der Waals surface area contributed by atoms with E-state index in [0.29, 0.717) is 5.15 Å². The van der Waals surface area contributed by atoms with Crippen LogP contribution in [0.5, 0.6) is 0 Å². The molecule has 0 atom stereocenters. The van der Waals surface area contributed by atoms with Gasteiger partial charge in [-0.3, -0.25) is 0 Å². The molecule has 4 heteroatoms. The summed E-state index contributed by atoms with van der Waals surface area (Å²) in [4.78, 5) is 2.15. The molecule has 2 rings (SSSR count). The molecule has 0 aliphatic carbocycles. The molecule has 0 amide bonds. The van der Waals surface area contributed by atoms with Crippen molar-refractivity contribution in [3.05, 3.63) is 53.2 Å². The summed E-state index contributed by atoms with van der Waals surface area (Å²) < 4.78 is 0. The van der Waals surface area contributed by atoms with Crippen LogP contribution in [0.15, 0.2) is 42.5 Å². The van der Waals surface area contributed by atoms with Gasteiger partial charge >= 0.3 is 0 Å². The standard InChI is InChI=1S/C13H14ClN3/c1-2-17(10-11-6-4-3-5-7-11)13-9-8-12(14)15-16-13/h3-9H,2,10H2,1H3. The van der Waals surface area contributed by atoms with Crippen LogP contribution in [0.2, 0.25) is 5.15 Å². The molecule has 0 aliphatic rings. The van der Waals surface area contributed by atoms with Crippen LogP contribution in [0.4, 0.5) is 5.82 Å². The lowest BCUT2D eigenvalue weighted by Gasteiger charge is -2.21. The molecule has 3 nitrogen and oxygen atoms in total. The first kappa shape index (κ1) is 11.9. The van der Waals surface area contributed by atoms with Crippen LogP contribution in [0.25, 0.3) is 0 Å². The van der Waals surface area contributed by atoms with Crippen molar-refractivity contribution < 1.29 is 0 Å². The molecule has 0 radical (unpaired) electrons. The van der Waals surface area contributed by atoms with E-state index in [4.69, 9.17) is 11.6 Å². The Morgan fingerprint density at radius 2 is 1.82 bits per heavy atom. The highest BCUT2D eigenvalue weighted by Gasteiger charge is 2.06. The third-order valence-corrected chi connectivity index (χ3v) is 2.74. The maximum absolute atomic E-state index is 5.73. The smallest absolute Gasteiger partial charge is 0.151 e. The van der Waals surface area contributed by atoms with Gasteiger partial charge in [-0.1, -0.05) is 41.9 Å². The summed E-state index contributed by atoms with van der Waals surface area (Å²) in [5.74, 6) is 0.848. The van der Waals surface area contributed by atoms with Gasteiger partial charge in [0, 0.05) is 13.1 Å². The first-order valence-electron chi connectivity index (χ1n) is 5.57. The summed E-state index contributed by atoms with van der Waals surface area (Å²) in [6, 6.07) is 14.0. The van der Waals surface area contributed by atoms with Gasteiger partial charge in [0.25, 0.3) is 0 Å². The van der Waals surface area contributed by atoms with Gasteiger partial charge in [-0.25, -0.2) is 0 Å². The molecule has 0 saturated carbocycles. The van der Waals surface area contributed by atoms with Crippen molar-refractivity contribution in [2.24, 2.45) is 0 Å². The molecule has 2 aromatic rings. The molecule has 1 heterocycles. The predicted molar refractivity (Wildman–Crippen MR) is 70.2 cm³/mol. The maximum Gasteiger partial charge on any atom is 0.151 e. The molecule has 17 heavy (non-hydrogen) atoms. The van der Waals surface area contributed by atoms with Crippen molar-refractivity contribution in [2.45, 2.75) is 13.5 Å². The van der Waals surface area contributed by atoms with E-state index in [-0.39, 0.29) is 0 Å². The van der Waals surface area contributed by atoms with Crippen LogP contribution >= 0.6 is 11.6 Å². The van der Waals surface area contributed by atoms with Crippen molar-refractivity contribution >= 4 is 17.4 Å². The SMILES string of the molecule is CCN(Cc1ccccc1)c1ccc(Cl)nn1. The van der Waals surface area contributed by atoms with Gasteiger partial charge in [0.05, 0.1) is 0 Å². The number of rotatable bonds is 4. The van der Waals surface area contributed by atoms with Gasteiger partial charge in [0.15, 0.2) is 11.0 Å². The average molecular weight is 248 g/mol. The van der Waals surface area contributed by atoms with E-state index in [9.17, 15) is 0 Å². The van der Waals surface area contributed by atoms with E-state index in [2.05, 4.69) is 34.2 Å². The molecule has 0 fully saturated rings. The topological polar surface area (TPSA) is 29.0 Å². The Labute approximate surface area is 106 Å². The summed E-state index contributed by atoms with van der Waals surface area (Å²) in [5.41, 5.74) is 1.26. The minimum Gasteiger partial charge on any atom is -0.351 e. The first-order valence-corrected chi connectivity index (χ1v) is 5.95. The molecule has 0 bridgehead atoms. The minimum absolute atomic E-state index is 0.421. The number of nitrogens with zero attached hydrogens (tertiary/aromatic N) is 3. The molecule has 0 spiro atoms. The van der Waals surface area contributed by atoms with Crippen LogP contribution in [-0.4, -0.2) is 16.7 Å². The molecule has 0 N–H and O–H groups in total. The summed E-state index contributed by atoms with van der Waals surface area (Å²) in [6.45, 7) is 3.80. The average Bonchev–Trinajstić information content (AvgIpc) is 2.38. The van der Waals surface area contributed by atoms with Crippen LogP contribution in [0.3, 0.4) is 0 Å². The van der Waals surface area contributed by atoms with E-state index in [1.54, 1.807) is 6.07 Å². The van der Waals surface area contributed by atoms with Gasteiger partial charge < -0.3 is 4.90 Å². The molecule has 88 valence electrons. The second-order valence-electron chi connectivity index (χ2n) is 3.71. The molecule has 0 saturated heterocycles.